The van der Waals surface area contributed by atoms with E-state index in [1.807, 2.05) is 0 Å². The molecule has 90 valence electrons. The summed E-state index contributed by atoms with van der Waals surface area (Å²) in [6, 6.07) is 0. The molecule has 2 unspecified atom stereocenters. The second kappa shape index (κ2) is 4.17. The van der Waals surface area contributed by atoms with Crippen molar-refractivity contribution in [3.63, 3.8) is 0 Å². The molecule has 1 aromatic heterocycles. The SMILES string of the molecule is CCCC(C)(N)c1nnc2n1CCC(C)C2. The summed E-state index contributed by atoms with van der Waals surface area (Å²) < 4.78 is 2.23. The molecule has 0 aromatic carbocycles. The maximum atomic E-state index is 6.33. The normalized spacial score (nSPS) is 23.9. The third-order valence-electron chi connectivity index (χ3n) is 3.48. The van der Waals surface area contributed by atoms with Gasteiger partial charge in [0.2, 0.25) is 0 Å². The van der Waals surface area contributed by atoms with Crippen LogP contribution in [0.25, 0.3) is 0 Å². The number of hydrogen-bond donors (Lipinski definition) is 1. The van der Waals surface area contributed by atoms with Crippen molar-refractivity contribution in [2.75, 3.05) is 0 Å². The van der Waals surface area contributed by atoms with Crippen LogP contribution in [0.1, 0.15) is 51.7 Å². The third kappa shape index (κ3) is 1.98. The quantitative estimate of drug-likeness (QED) is 0.849. The van der Waals surface area contributed by atoms with Gasteiger partial charge in [-0.1, -0.05) is 20.3 Å². The molecule has 0 spiro atoms. The summed E-state index contributed by atoms with van der Waals surface area (Å²) in [6.45, 7) is 7.51. The molecule has 16 heavy (non-hydrogen) atoms. The van der Waals surface area contributed by atoms with Crippen LogP contribution in [0, 0.1) is 5.92 Å². The molecule has 2 heterocycles. The van der Waals surface area contributed by atoms with E-state index in [1.165, 1.54) is 6.42 Å². The standard InChI is InChI=1S/C12H22N4/c1-4-6-12(3,13)11-15-14-10-8-9(2)5-7-16(10)11/h9H,4-8,13H2,1-3H3. The van der Waals surface area contributed by atoms with E-state index in [0.29, 0.717) is 0 Å². The van der Waals surface area contributed by atoms with Crippen molar-refractivity contribution >= 4 is 0 Å². The smallest absolute Gasteiger partial charge is 0.152 e. The van der Waals surface area contributed by atoms with Gasteiger partial charge >= 0.3 is 0 Å². The van der Waals surface area contributed by atoms with Gasteiger partial charge in [-0.05, 0) is 25.7 Å². The Morgan fingerprint density at radius 3 is 2.94 bits per heavy atom. The Bertz CT molecular complexity index is 367. The minimum absolute atomic E-state index is 0.333. The predicted molar refractivity (Wildman–Crippen MR) is 64.0 cm³/mol. The summed E-state index contributed by atoms with van der Waals surface area (Å²) in [4.78, 5) is 0. The monoisotopic (exact) mass is 222 g/mol. The second-order valence-corrected chi connectivity index (χ2v) is 5.36. The Hall–Kier alpha value is -0.900. The van der Waals surface area contributed by atoms with Crippen LogP contribution in [-0.4, -0.2) is 14.8 Å². The molecule has 1 aromatic rings. The molecule has 1 aliphatic rings. The zero-order valence-corrected chi connectivity index (χ0v) is 10.5. The molecule has 0 aliphatic carbocycles. The van der Waals surface area contributed by atoms with E-state index in [0.717, 1.165) is 43.4 Å². The van der Waals surface area contributed by atoms with Gasteiger partial charge in [-0.25, -0.2) is 0 Å². The van der Waals surface area contributed by atoms with Crippen LogP contribution in [0.15, 0.2) is 0 Å². The van der Waals surface area contributed by atoms with Crippen molar-refractivity contribution in [1.29, 1.82) is 0 Å². The van der Waals surface area contributed by atoms with Gasteiger partial charge in [0.05, 0.1) is 5.54 Å². The van der Waals surface area contributed by atoms with Crippen LogP contribution >= 0.6 is 0 Å². The average molecular weight is 222 g/mol. The van der Waals surface area contributed by atoms with Crippen molar-refractivity contribution in [1.82, 2.24) is 14.8 Å². The largest absolute Gasteiger partial charge is 0.319 e. The zero-order chi connectivity index (χ0) is 11.8. The fourth-order valence-electron chi connectivity index (χ4n) is 2.54. The highest BCUT2D eigenvalue weighted by molar-refractivity contribution is 5.09. The zero-order valence-electron chi connectivity index (χ0n) is 10.5. The van der Waals surface area contributed by atoms with Crippen LogP contribution in [0.3, 0.4) is 0 Å². The van der Waals surface area contributed by atoms with E-state index in [2.05, 4.69) is 35.5 Å². The first-order chi connectivity index (χ1) is 7.54. The van der Waals surface area contributed by atoms with E-state index in [1.54, 1.807) is 0 Å². The molecule has 4 nitrogen and oxygen atoms in total. The fourth-order valence-corrected chi connectivity index (χ4v) is 2.54. The summed E-state index contributed by atoms with van der Waals surface area (Å²) in [5, 5.41) is 8.60. The van der Waals surface area contributed by atoms with Crippen LogP contribution in [0.4, 0.5) is 0 Å². The maximum absolute atomic E-state index is 6.33. The lowest BCUT2D eigenvalue weighted by molar-refractivity contribution is 0.356. The van der Waals surface area contributed by atoms with Crippen LogP contribution in [-0.2, 0) is 18.5 Å². The van der Waals surface area contributed by atoms with Crippen molar-refractivity contribution in [3.05, 3.63) is 11.6 Å². The molecule has 1 aliphatic heterocycles. The Morgan fingerprint density at radius 1 is 1.50 bits per heavy atom. The molecular formula is C12H22N4. The van der Waals surface area contributed by atoms with Gasteiger partial charge in [0.25, 0.3) is 0 Å². The third-order valence-corrected chi connectivity index (χ3v) is 3.48. The molecule has 0 fully saturated rings. The first-order valence-corrected chi connectivity index (χ1v) is 6.26. The highest BCUT2D eigenvalue weighted by atomic mass is 15.3. The Balaban J connectivity index is 2.30. The molecule has 0 radical (unpaired) electrons. The number of nitrogens with zero attached hydrogens (tertiary/aromatic N) is 3. The summed E-state index contributed by atoms with van der Waals surface area (Å²) in [6.07, 6.45) is 4.28. The van der Waals surface area contributed by atoms with Gasteiger partial charge in [-0.2, -0.15) is 0 Å². The van der Waals surface area contributed by atoms with Crippen LogP contribution in [0.5, 0.6) is 0 Å². The van der Waals surface area contributed by atoms with E-state index >= 15 is 0 Å². The Kier molecular flexibility index (Phi) is 3.02. The number of fused-ring (bicyclic) bond motifs is 1. The van der Waals surface area contributed by atoms with E-state index in [-0.39, 0.29) is 5.54 Å². The van der Waals surface area contributed by atoms with E-state index < -0.39 is 0 Å². The number of aromatic nitrogens is 3. The second-order valence-electron chi connectivity index (χ2n) is 5.36. The fraction of sp³-hybridized carbons (Fsp3) is 0.833. The highest BCUT2D eigenvalue weighted by Gasteiger charge is 2.30. The minimum atomic E-state index is -0.333. The molecule has 2 rings (SSSR count). The van der Waals surface area contributed by atoms with Gasteiger partial charge in [0.1, 0.15) is 5.82 Å². The lowest BCUT2D eigenvalue weighted by atomic mass is 9.95. The number of hydrogen-bond acceptors (Lipinski definition) is 3. The Labute approximate surface area is 97.2 Å². The predicted octanol–water partition coefficient (Wildman–Crippen LogP) is 1.83. The minimum Gasteiger partial charge on any atom is -0.319 e. The summed E-state index contributed by atoms with van der Waals surface area (Å²) >= 11 is 0. The summed E-state index contributed by atoms with van der Waals surface area (Å²) in [5.74, 6) is 2.80. The van der Waals surface area contributed by atoms with Gasteiger partial charge in [-0.15, -0.1) is 10.2 Å². The average Bonchev–Trinajstić information content (AvgIpc) is 2.60. The van der Waals surface area contributed by atoms with Crippen LogP contribution in [0.2, 0.25) is 0 Å². The van der Waals surface area contributed by atoms with Gasteiger partial charge in [0.15, 0.2) is 5.82 Å². The van der Waals surface area contributed by atoms with E-state index in [9.17, 15) is 0 Å². The van der Waals surface area contributed by atoms with Crippen molar-refractivity contribution in [3.8, 4) is 0 Å². The van der Waals surface area contributed by atoms with Gasteiger partial charge < -0.3 is 10.3 Å². The number of nitrogens with two attached hydrogens (primary N) is 1. The maximum Gasteiger partial charge on any atom is 0.152 e. The van der Waals surface area contributed by atoms with Gasteiger partial charge in [-0.3, -0.25) is 0 Å². The summed E-state index contributed by atoms with van der Waals surface area (Å²) in [5.41, 5.74) is 6.00. The first kappa shape index (κ1) is 11.6. The lowest BCUT2D eigenvalue weighted by Gasteiger charge is -2.27. The molecule has 0 amide bonds. The van der Waals surface area contributed by atoms with Crippen molar-refractivity contribution in [2.45, 2.75) is 58.5 Å². The molecule has 0 saturated heterocycles. The van der Waals surface area contributed by atoms with E-state index in [4.69, 9.17) is 5.73 Å². The van der Waals surface area contributed by atoms with Gasteiger partial charge in [0, 0.05) is 13.0 Å². The van der Waals surface area contributed by atoms with Crippen LogP contribution < -0.4 is 5.73 Å². The van der Waals surface area contributed by atoms with Crippen molar-refractivity contribution < 1.29 is 0 Å². The molecule has 0 saturated carbocycles. The Morgan fingerprint density at radius 2 is 2.25 bits per heavy atom. The molecule has 2 atom stereocenters. The number of rotatable bonds is 3. The lowest BCUT2D eigenvalue weighted by Crippen LogP contribution is -2.37. The molecule has 4 heteroatoms. The topological polar surface area (TPSA) is 56.7 Å². The molecular weight excluding hydrogens is 200 g/mol. The van der Waals surface area contributed by atoms with Crippen molar-refractivity contribution in [2.24, 2.45) is 11.7 Å². The molecule has 2 N–H and O–H groups in total. The molecule has 0 bridgehead atoms. The first-order valence-electron chi connectivity index (χ1n) is 6.26. The summed E-state index contributed by atoms with van der Waals surface area (Å²) in [7, 11) is 0. The highest BCUT2D eigenvalue weighted by Crippen LogP contribution is 2.26.